The predicted octanol–water partition coefficient (Wildman–Crippen LogP) is 5.39. The lowest BCUT2D eigenvalue weighted by Crippen LogP contribution is -2.32. The normalized spacial score (nSPS) is 15.8. The Morgan fingerprint density at radius 3 is 2.50 bits per heavy atom. The Labute approximate surface area is 252 Å². The number of fused-ring (bicyclic) bond motifs is 2. The minimum atomic E-state index is -5.08. The number of hydrogen-bond acceptors (Lipinski definition) is 7. The molecule has 1 aliphatic heterocycles. The number of ether oxygens (including phenoxy) is 1. The first kappa shape index (κ1) is 32.4. The lowest BCUT2D eigenvalue weighted by Gasteiger charge is -2.25. The van der Waals surface area contributed by atoms with Gasteiger partial charge in [0.25, 0.3) is 0 Å². The maximum absolute atomic E-state index is 12.0. The molecule has 1 unspecified atom stereocenters. The first-order chi connectivity index (χ1) is 20.8. The van der Waals surface area contributed by atoms with E-state index in [-0.39, 0.29) is 18.4 Å². The number of nitrogens with zero attached hydrogens (tertiary/aromatic N) is 5. The zero-order chi connectivity index (χ0) is 32.2. The van der Waals surface area contributed by atoms with Gasteiger partial charge in [0.05, 0.1) is 6.42 Å². The van der Waals surface area contributed by atoms with E-state index >= 15 is 0 Å². The molecule has 0 fully saturated rings. The van der Waals surface area contributed by atoms with Gasteiger partial charge in [-0.2, -0.15) is 13.2 Å². The highest BCUT2D eigenvalue weighted by Gasteiger charge is 2.38. The van der Waals surface area contributed by atoms with E-state index in [1.54, 1.807) is 17.9 Å². The Balaban J connectivity index is 0.000000566. The number of aromatic nitrogens is 4. The number of halogens is 3. The number of benzene rings is 2. The highest BCUT2D eigenvalue weighted by molar-refractivity contribution is 5.76. The van der Waals surface area contributed by atoms with E-state index < -0.39 is 18.1 Å². The molecule has 0 aliphatic carbocycles. The lowest BCUT2D eigenvalue weighted by atomic mass is 9.85. The summed E-state index contributed by atoms with van der Waals surface area (Å²) in [6, 6.07) is 14.6. The zero-order valence-corrected chi connectivity index (χ0v) is 24.8. The summed E-state index contributed by atoms with van der Waals surface area (Å²) in [5.41, 5.74) is 7.71. The highest BCUT2D eigenvalue weighted by Crippen LogP contribution is 2.34. The van der Waals surface area contributed by atoms with Crippen LogP contribution in [0.25, 0.3) is 11.2 Å². The maximum atomic E-state index is 12.0. The van der Waals surface area contributed by atoms with E-state index in [1.807, 2.05) is 25.1 Å². The van der Waals surface area contributed by atoms with Crippen molar-refractivity contribution in [3.63, 3.8) is 0 Å². The second-order valence-corrected chi connectivity index (χ2v) is 10.8. The van der Waals surface area contributed by atoms with Crippen LogP contribution in [-0.4, -0.2) is 65.9 Å². The van der Waals surface area contributed by atoms with E-state index in [0.29, 0.717) is 11.2 Å². The zero-order valence-electron chi connectivity index (χ0n) is 24.8. The summed E-state index contributed by atoms with van der Waals surface area (Å²) in [4.78, 5) is 27.8. The number of alkyl halides is 3. The van der Waals surface area contributed by atoms with Crippen molar-refractivity contribution in [2.75, 3.05) is 6.54 Å². The van der Waals surface area contributed by atoms with Crippen LogP contribution >= 0.6 is 0 Å². The number of para-hydroxylation sites is 1. The maximum Gasteiger partial charge on any atom is 0.490 e. The summed E-state index contributed by atoms with van der Waals surface area (Å²) < 4.78 is 39.7. The summed E-state index contributed by atoms with van der Waals surface area (Å²) in [5.74, 6) is -2.98. The molecule has 0 saturated carbocycles. The Hall–Kier alpha value is -4.52. The minimum Gasteiger partial charge on any atom is -0.489 e. The van der Waals surface area contributed by atoms with Crippen molar-refractivity contribution in [3.8, 4) is 5.75 Å². The van der Waals surface area contributed by atoms with E-state index in [4.69, 9.17) is 14.6 Å². The smallest absolute Gasteiger partial charge is 0.489 e. The predicted molar refractivity (Wildman–Crippen MR) is 155 cm³/mol. The number of rotatable bonds is 7. The van der Waals surface area contributed by atoms with Crippen LogP contribution < -0.4 is 4.74 Å². The third-order valence-electron chi connectivity index (χ3n) is 7.65. The number of carbonyl (C=O) groups is 2. The van der Waals surface area contributed by atoms with Gasteiger partial charge in [0.2, 0.25) is 0 Å². The summed E-state index contributed by atoms with van der Waals surface area (Å²) in [5, 5.41) is 25.3. The second kappa shape index (κ2) is 13.4. The number of aryl methyl sites for hydroxylation is 3. The van der Waals surface area contributed by atoms with Crippen LogP contribution in [0.5, 0.6) is 5.75 Å². The molecule has 0 radical (unpaired) electrons. The molecule has 2 aromatic carbocycles. The molecule has 4 aromatic rings. The third kappa shape index (κ3) is 7.51. The van der Waals surface area contributed by atoms with E-state index in [1.165, 1.54) is 16.7 Å². The molecule has 0 spiro atoms. The van der Waals surface area contributed by atoms with Gasteiger partial charge < -0.3 is 14.9 Å². The molecular weight excluding hydrogens is 579 g/mol. The van der Waals surface area contributed by atoms with Crippen LogP contribution in [-0.2, 0) is 29.7 Å². The van der Waals surface area contributed by atoms with Gasteiger partial charge in [-0.05, 0) is 54.2 Å². The van der Waals surface area contributed by atoms with Crippen LogP contribution in [0.15, 0.2) is 48.7 Å². The average Bonchev–Trinajstić information content (AvgIpc) is 3.24. The van der Waals surface area contributed by atoms with Crippen molar-refractivity contribution in [1.82, 2.24) is 24.9 Å². The number of carboxylic acid groups (broad SMARTS) is 2. The number of pyridine rings is 1. The molecule has 0 bridgehead atoms. The molecule has 2 aromatic heterocycles. The molecule has 234 valence electrons. The van der Waals surface area contributed by atoms with Crippen molar-refractivity contribution >= 4 is 23.1 Å². The summed E-state index contributed by atoms with van der Waals surface area (Å²) in [7, 11) is 1.80. The molecule has 10 nitrogen and oxygen atoms in total. The van der Waals surface area contributed by atoms with Crippen LogP contribution in [0.1, 0.15) is 59.1 Å². The first-order valence-electron chi connectivity index (χ1n) is 14.0. The van der Waals surface area contributed by atoms with Crippen LogP contribution in [0.2, 0.25) is 0 Å². The fourth-order valence-corrected chi connectivity index (χ4v) is 5.25. The van der Waals surface area contributed by atoms with Gasteiger partial charge in [-0.3, -0.25) is 9.69 Å². The first-order valence-corrected chi connectivity index (χ1v) is 14.0. The minimum absolute atomic E-state index is 0.0281. The summed E-state index contributed by atoms with van der Waals surface area (Å²) >= 11 is 0. The Morgan fingerprint density at radius 2 is 1.84 bits per heavy atom. The Bertz CT molecular complexity index is 1660. The van der Waals surface area contributed by atoms with Gasteiger partial charge in [0.15, 0.2) is 5.65 Å². The van der Waals surface area contributed by atoms with E-state index in [2.05, 4.69) is 58.3 Å². The number of aliphatic carboxylic acids is 2. The largest absolute Gasteiger partial charge is 0.490 e. The number of carboxylic acids is 2. The molecule has 13 heteroatoms. The van der Waals surface area contributed by atoms with Gasteiger partial charge >= 0.3 is 18.1 Å². The molecule has 44 heavy (non-hydrogen) atoms. The standard InChI is InChI=1S/C29H33N5O3.C2HF3O2/c1-5-23-17-34(15-21-8-6-7-9-26(21)37-23)16-22-12-20(11-10-18(22)2)24(13-27(35)36)25-14-30-29-28(19(25)3)31-32-33(29)4;3-2(4,5)1(6)7/h6-12,14,23-24H,5,13,15-17H2,1-4H3,(H,35,36);(H,6,7)/t23-,24?;/m1./s1. The highest BCUT2D eigenvalue weighted by atomic mass is 19.4. The van der Waals surface area contributed by atoms with Crippen molar-refractivity contribution in [2.24, 2.45) is 7.05 Å². The van der Waals surface area contributed by atoms with Crippen LogP contribution in [0.4, 0.5) is 13.2 Å². The molecule has 5 rings (SSSR count). The van der Waals surface area contributed by atoms with Crippen LogP contribution in [0, 0.1) is 13.8 Å². The van der Waals surface area contributed by atoms with Gasteiger partial charge in [-0.1, -0.05) is 48.5 Å². The topological polar surface area (TPSA) is 131 Å². The molecule has 0 saturated heterocycles. The monoisotopic (exact) mass is 613 g/mol. The van der Waals surface area contributed by atoms with E-state index in [9.17, 15) is 23.1 Å². The molecule has 2 atom stereocenters. The van der Waals surface area contributed by atoms with E-state index in [0.717, 1.165) is 48.5 Å². The van der Waals surface area contributed by atoms with Crippen LogP contribution in [0.3, 0.4) is 0 Å². The van der Waals surface area contributed by atoms with Gasteiger partial charge in [0, 0.05) is 44.4 Å². The molecule has 2 N–H and O–H groups in total. The fourth-order valence-electron chi connectivity index (χ4n) is 5.25. The van der Waals surface area contributed by atoms with Crippen molar-refractivity contribution < 1.29 is 37.7 Å². The number of hydrogen-bond donors (Lipinski definition) is 2. The summed E-state index contributed by atoms with van der Waals surface area (Å²) in [6.45, 7) is 8.64. The van der Waals surface area contributed by atoms with Crippen molar-refractivity contribution in [2.45, 2.75) is 64.9 Å². The molecule has 1 aliphatic rings. The lowest BCUT2D eigenvalue weighted by molar-refractivity contribution is -0.192. The van der Waals surface area contributed by atoms with Gasteiger partial charge in [-0.25, -0.2) is 14.5 Å². The Morgan fingerprint density at radius 1 is 1.14 bits per heavy atom. The summed E-state index contributed by atoms with van der Waals surface area (Å²) in [6.07, 6.45) is -2.27. The molecule has 0 amide bonds. The second-order valence-electron chi connectivity index (χ2n) is 10.8. The SMILES string of the molecule is CC[C@@H]1CN(Cc2cc(C(CC(=O)O)c3cnc4c(nnn4C)c3C)ccc2C)Cc2ccccc2O1.O=C(O)C(F)(F)F. The fraction of sp³-hybridized carbons (Fsp3) is 0.387. The van der Waals surface area contributed by atoms with Gasteiger partial charge in [0.1, 0.15) is 17.4 Å². The quantitative estimate of drug-likeness (QED) is 0.282. The molecule has 3 heterocycles. The van der Waals surface area contributed by atoms with Crippen molar-refractivity contribution in [3.05, 3.63) is 82.0 Å². The third-order valence-corrected chi connectivity index (χ3v) is 7.65. The molecular formula is C31H34F3N5O5. The van der Waals surface area contributed by atoms with Gasteiger partial charge in [-0.15, -0.1) is 5.10 Å². The average molecular weight is 614 g/mol. The Kier molecular flexibility index (Phi) is 9.88. The van der Waals surface area contributed by atoms with Crippen molar-refractivity contribution in [1.29, 1.82) is 0 Å².